The molecule has 0 aliphatic heterocycles. The smallest absolute Gasteiger partial charge is 0.234 e. The highest BCUT2D eigenvalue weighted by Crippen LogP contribution is 2.67. The van der Waals surface area contributed by atoms with Crippen LogP contribution in [0.25, 0.3) is 10.9 Å². The van der Waals surface area contributed by atoms with Crippen molar-refractivity contribution >= 4 is 23.6 Å². The van der Waals surface area contributed by atoms with Crippen LogP contribution >= 0.6 is 11.8 Å². The highest BCUT2D eigenvalue weighted by atomic mass is 32.2. The third kappa shape index (κ3) is 3.73. The van der Waals surface area contributed by atoms with Crippen molar-refractivity contribution in [1.82, 2.24) is 14.8 Å². The number of ketones is 1. The topological polar surface area (TPSA) is 92.6 Å². The summed E-state index contributed by atoms with van der Waals surface area (Å²) in [6.45, 7) is 12.5. The predicted molar refractivity (Wildman–Crippen MR) is 146 cm³/mol. The van der Waals surface area contributed by atoms with E-state index in [1.807, 2.05) is 29.1 Å². The summed E-state index contributed by atoms with van der Waals surface area (Å²) in [6, 6.07) is 5.63. The maximum atomic E-state index is 13.6. The van der Waals surface area contributed by atoms with Crippen molar-refractivity contribution < 1.29 is 15.0 Å². The molecule has 0 radical (unpaired) electrons. The van der Waals surface area contributed by atoms with Crippen LogP contribution in [0.2, 0.25) is 0 Å². The summed E-state index contributed by atoms with van der Waals surface area (Å²) in [5, 5.41) is 29.1. The normalized spacial score (nSPS) is 37.3. The van der Waals surface area contributed by atoms with Crippen molar-refractivity contribution in [1.29, 1.82) is 0 Å². The van der Waals surface area contributed by atoms with Crippen molar-refractivity contribution in [2.45, 2.75) is 75.6 Å². The Balaban J connectivity index is 1.26. The second-order valence-corrected chi connectivity index (χ2v) is 13.2. The fourth-order valence-corrected chi connectivity index (χ4v) is 9.54. The Labute approximate surface area is 228 Å². The number of nitrogens with zero attached hydrogens (tertiary/aromatic N) is 4. The van der Waals surface area contributed by atoms with Gasteiger partial charge in [-0.25, -0.2) is 11.6 Å². The summed E-state index contributed by atoms with van der Waals surface area (Å²) in [7, 11) is 0. The van der Waals surface area contributed by atoms with E-state index < -0.39 is 17.1 Å². The van der Waals surface area contributed by atoms with Gasteiger partial charge < -0.3 is 15.1 Å². The summed E-state index contributed by atoms with van der Waals surface area (Å²) in [5.74, 6) is 0.590. The number of carbonyl (C=O) groups is 1. The van der Waals surface area contributed by atoms with Crippen molar-refractivity contribution in [2.24, 2.45) is 28.6 Å². The molecule has 2 N–H and O–H groups in total. The first kappa shape index (κ1) is 25.8. The van der Waals surface area contributed by atoms with E-state index in [-0.39, 0.29) is 34.7 Å². The lowest BCUT2D eigenvalue weighted by Gasteiger charge is -2.60. The summed E-state index contributed by atoms with van der Waals surface area (Å²) in [6.07, 6.45) is 9.79. The molecule has 0 spiro atoms. The molecule has 0 amide bonds. The number of allylic oxidation sites excluding steroid dienone is 1. The van der Waals surface area contributed by atoms with Crippen LogP contribution in [0.15, 0.2) is 41.2 Å². The Bertz CT molecular complexity index is 1320. The fraction of sp³-hybridized carbons (Fsp3) is 0.600. The third-order valence-electron chi connectivity index (χ3n) is 10.5. The SMILES string of the molecule is [C-]#[N+]CCn1ncc2c1C=C1CCC3C([C@@H](O)CC4(C)C3CC[C@]4(O)C(=O)CSc3ccccn3)C1(C)C2. The third-order valence-corrected chi connectivity index (χ3v) is 11.5. The van der Waals surface area contributed by atoms with Crippen LogP contribution in [0.4, 0.5) is 0 Å². The number of hydrogen-bond donors (Lipinski definition) is 2. The number of aromatic nitrogens is 3. The van der Waals surface area contributed by atoms with E-state index in [4.69, 9.17) is 6.57 Å². The molecule has 2 aromatic heterocycles. The molecular formula is C30H36N4O3S. The quantitative estimate of drug-likeness (QED) is 0.422. The molecule has 5 unspecified atom stereocenters. The van der Waals surface area contributed by atoms with Gasteiger partial charge in [-0.3, -0.25) is 9.48 Å². The molecule has 7 atom stereocenters. The Kier molecular flexibility index (Phi) is 6.33. The van der Waals surface area contributed by atoms with E-state index in [0.717, 1.165) is 36.4 Å². The average molecular weight is 533 g/mol. The van der Waals surface area contributed by atoms with E-state index in [1.54, 1.807) is 6.20 Å². The van der Waals surface area contributed by atoms with E-state index in [0.29, 0.717) is 25.9 Å². The summed E-state index contributed by atoms with van der Waals surface area (Å²) in [4.78, 5) is 21.4. The minimum absolute atomic E-state index is 0.0839. The van der Waals surface area contributed by atoms with Gasteiger partial charge in [0.05, 0.1) is 28.8 Å². The molecule has 0 bridgehead atoms. The van der Waals surface area contributed by atoms with Crippen LogP contribution in [-0.4, -0.2) is 54.8 Å². The Morgan fingerprint density at radius 3 is 2.92 bits per heavy atom. The maximum absolute atomic E-state index is 13.6. The fourth-order valence-electron chi connectivity index (χ4n) is 8.72. The van der Waals surface area contributed by atoms with Gasteiger partial charge in [-0.05, 0) is 85.5 Å². The molecular weight excluding hydrogens is 496 g/mol. The standard InChI is InChI=1S/C30H36N4O3S/c1-28-15-19-17-33-34(13-12-31-3)23(19)14-20(28)7-8-21-22-9-10-30(37,29(22,2)16-24(35)27(21)28)25(36)18-38-26-6-4-5-11-32-26/h4-6,11,14,17,21-22,24,27,35,37H,7-10,12-13,15-16,18H2,1-2H3/t21?,22?,24-,27?,28?,29?,30-/m0/s1. The first-order valence-electron chi connectivity index (χ1n) is 13.8. The number of Topliss-reactive ketones (excluding diaryl/α,β-unsaturated/α-hetero) is 1. The largest absolute Gasteiger partial charge is 0.393 e. The lowest BCUT2D eigenvalue weighted by Crippen LogP contribution is -2.62. The van der Waals surface area contributed by atoms with Gasteiger partial charge in [0.15, 0.2) is 5.78 Å². The second kappa shape index (κ2) is 9.32. The van der Waals surface area contributed by atoms with Gasteiger partial charge in [-0.15, -0.1) is 0 Å². The van der Waals surface area contributed by atoms with Gasteiger partial charge >= 0.3 is 0 Å². The lowest BCUT2D eigenvalue weighted by atomic mass is 9.45. The summed E-state index contributed by atoms with van der Waals surface area (Å²) in [5.41, 5.74) is 1.43. The molecule has 4 aliphatic rings. The lowest BCUT2D eigenvalue weighted by molar-refractivity contribution is -0.177. The number of hydrogen-bond acceptors (Lipinski definition) is 6. The Hall–Kier alpha value is -2.47. The highest BCUT2D eigenvalue weighted by molar-refractivity contribution is 7.99. The second-order valence-electron chi connectivity index (χ2n) is 12.2. The molecule has 3 fully saturated rings. The first-order valence-corrected chi connectivity index (χ1v) is 14.8. The summed E-state index contributed by atoms with van der Waals surface area (Å²) >= 11 is 1.38. The van der Waals surface area contributed by atoms with Crippen LogP contribution in [-0.2, 0) is 17.8 Å². The molecule has 2 aromatic rings. The zero-order valence-electron chi connectivity index (χ0n) is 22.1. The number of aliphatic hydroxyl groups is 2. The van der Waals surface area contributed by atoms with Crippen LogP contribution in [0.3, 0.4) is 0 Å². The van der Waals surface area contributed by atoms with Gasteiger partial charge in [0.25, 0.3) is 0 Å². The minimum atomic E-state index is -1.42. The predicted octanol–water partition coefficient (Wildman–Crippen LogP) is 4.44. The van der Waals surface area contributed by atoms with E-state index in [9.17, 15) is 15.0 Å². The molecule has 6 rings (SSSR count). The van der Waals surface area contributed by atoms with Crippen LogP contribution in [0, 0.1) is 35.2 Å². The number of thioether (sulfide) groups is 1. The minimum Gasteiger partial charge on any atom is -0.393 e. The van der Waals surface area contributed by atoms with E-state index in [1.165, 1.54) is 22.9 Å². The number of carbonyl (C=O) groups excluding carboxylic acids is 1. The van der Waals surface area contributed by atoms with Crippen molar-refractivity contribution in [2.75, 3.05) is 12.3 Å². The van der Waals surface area contributed by atoms with Gasteiger partial charge in [-0.1, -0.05) is 37.2 Å². The summed E-state index contributed by atoms with van der Waals surface area (Å²) < 4.78 is 1.95. The number of fused-ring (bicyclic) bond motifs is 6. The van der Waals surface area contributed by atoms with E-state index in [2.05, 4.69) is 34.9 Å². The maximum Gasteiger partial charge on any atom is 0.234 e. The molecule has 2 heterocycles. The molecule has 8 heteroatoms. The van der Waals surface area contributed by atoms with Crippen LogP contribution in [0.5, 0.6) is 0 Å². The number of aliphatic hydroxyl groups excluding tert-OH is 1. The van der Waals surface area contributed by atoms with Gasteiger partial charge in [0, 0.05) is 11.6 Å². The van der Waals surface area contributed by atoms with E-state index >= 15 is 0 Å². The number of rotatable bonds is 6. The molecule has 200 valence electrons. The van der Waals surface area contributed by atoms with Gasteiger partial charge in [-0.2, -0.15) is 5.10 Å². The molecule has 0 aromatic carbocycles. The van der Waals surface area contributed by atoms with Gasteiger partial charge in [0.1, 0.15) is 12.1 Å². The van der Waals surface area contributed by atoms with Gasteiger partial charge in [0.2, 0.25) is 6.54 Å². The van der Waals surface area contributed by atoms with Crippen LogP contribution < -0.4 is 0 Å². The van der Waals surface area contributed by atoms with Crippen molar-refractivity contribution in [3.63, 3.8) is 0 Å². The molecule has 38 heavy (non-hydrogen) atoms. The number of pyridine rings is 1. The average Bonchev–Trinajstić information content (AvgIpc) is 3.41. The van der Waals surface area contributed by atoms with Crippen molar-refractivity contribution in [3.8, 4) is 0 Å². The molecule has 7 nitrogen and oxygen atoms in total. The highest BCUT2D eigenvalue weighted by Gasteiger charge is 2.68. The Morgan fingerprint density at radius 1 is 1.32 bits per heavy atom. The zero-order valence-corrected chi connectivity index (χ0v) is 23.0. The van der Waals surface area contributed by atoms with Crippen molar-refractivity contribution in [3.05, 3.63) is 58.8 Å². The first-order chi connectivity index (χ1) is 18.2. The zero-order chi connectivity index (χ0) is 26.7. The monoisotopic (exact) mass is 532 g/mol. The Morgan fingerprint density at radius 2 is 2.16 bits per heavy atom. The molecule has 3 saturated carbocycles. The van der Waals surface area contributed by atoms with Crippen LogP contribution in [0.1, 0.15) is 57.2 Å². The molecule has 4 aliphatic carbocycles. The molecule has 0 saturated heterocycles.